The van der Waals surface area contributed by atoms with Crippen LogP contribution in [0.15, 0.2) is 212 Å². The molecule has 248 valence electrons. The fraction of sp³-hybridized carbons (Fsp3) is 0. The van der Waals surface area contributed by atoms with Gasteiger partial charge in [0.15, 0.2) is 0 Å². The van der Waals surface area contributed by atoms with Crippen LogP contribution in [-0.2, 0) is 0 Å². The second kappa shape index (κ2) is 13.0. The SMILES string of the molecule is c1ccc(-c2ccc3cc(N(c4ccc(-c5ccc6ccccc6c5)cc4)c4ccccc4-c4cc5ccccc5c5ccccc45)ccc3c2)cc1. The van der Waals surface area contributed by atoms with Crippen molar-refractivity contribution in [1.29, 1.82) is 0 Å². The van der Waals surface area contributed by atoms with Crippen molar-refractivity contribution >= 4 is 60.2 Å². The van der Waals surface area contributed by atoms with Crippen LogP contribution < -0.4 is 4.90 Å². The molecule has 0 spiro atoms. The minimum atomic E-state index is 1.10. The van der Waals surface area contributed by atoms with Gasteiger partial charge in [0, 0.05) is 16.9 Å². The van der Waals surface area contributed by atoms with Gasteiger partial charge in [0.25, 0.3) is 0 Å². The van der Waals surface area contributed by atoms with E-state index in [0.717, 1.165) is 17.1 Å². The molecule has 0 fully saturated rings. The molecule has 53 heavy (non-hydrogen) atoms. The van der Waals surface area contributed by atoms with E-state index in [9.17, 15) is 0 Å². The average molecular weight is 674 g/mol. The lowest BCUT2D eigenvalue weighted by Gasteiger charge is -2.29. The van der Waals surface area contributed by atoms with Gasteiger partial charge in [-0.2, -0.15) is 0 Å². The minimum Gasteiger partial charge on any atom is -0.310 e. The van der Waals surface area contributed by atoms with Crippen LogP contribution in [0.3, 0.4) is 0 Å². The topological polar surface area (TPSA) is 3.24 Å². The summed E-state index contributed by atoms with van der Waals surface area (Å²) in [6.07, 6.45) is 0. The zero-order valence-corrected chi connectivity index (χ0v) is 29.2. The van der Waals surface area contributed by atoms with Crippen molar-refractivity contribution in [1.82, 2.24) is 0 Å². The van der Waals surface area contributed by atoms with E-state index in [0.29, 0.717) is 0 Å². The number of benzene rings is 10. The van der Waals surface area contributed by atoms with E-state index in [1.165, 1.54) is 76.5 Å². The van der Waals surface area contributed by atoms with Gasteiger partial charge >= 0.3 is 0 Å². The van der Waals surface area contributed by atoms with Gasteiger partial charge in [-0.15, -0.1) is 0 Å². The van der Waals surface area contributed by atoms with Crippen LogP contribution in [0.25, 0.3) is 76.5 Å². The van der Waals surface area contributed by atoms with Crippen molar-refractivity contribution < 1.29 is 0 Å². The molecule has 10 aromatic carbocycles. The predicted molar refractivity (Wildman–Crippen MR) is 227 cm³/mol. The van der Waals surface area contributed by atoms with Gasteiger partial charge in [-0.25, -0.2) is 0 Å². The monoisotopic (exact) mass is 673 g/mol. The smallest absolute Gasteiger partial charge is 0.0540 e. The molecule has 0 atom stereocenters. The highest BCUT2D eigenvalue weighted by atomic mass is 15.1. The van der Waals surface area contributed by atoms with Crippen LogP contribution in [0, 0.1) is 0 Å². The van der Waals surface area contributed by atoms with E-state index in [1.54, 1.807) is 0 Å². The number of anilines is 3. The highest BCUT2D eigenvalue weighted by Gasteiger charge is 2.20. The minimum absolute atomic E-state index is 1.10. The third-order valence-electron chi connectivity index (χ3n) is 10.6. The molecule has 0 aliphatic carbocycles. The standard InChI is InChI=1S/C52H35N/c1-2-12-36(13-3-1)40-24-25-43-34-46(31-28-42(43)33-40)53(45-29-26-38(27-30-45)41-23-22-37-14-4-5-15-39(37)32-41)52-21-11-10-20-50(52)51-35-44-16-6-7-17-47(44)48-18-8-9-19-49(48)51/h1-35H. The summed E-state index contributed by atoms with van der Waals surface area (Å²) in [6.45, 7) is 0. The molecule has 10 aromatic rings. The highest BCUT2D eigenvalue weighted by Crippen LogP contribution is 2.45. The summed E-state index contributed by atoms with van der Waals surface area (Å²) in [6, 6.07) is 77.3. The zero-order chi connectivity index (χ0) is 35.1. The Balaban J connectivity index is 1.15. The molecule has 0 aliphatic heterocycles. The maximum atomic E-state index is 2.42. The average Bonchev–Trinajstić information content (AvgIpc) is 3.24. The van der Waals surface area contributed by atoms with Gasteiger partial charge in [0.2, 0.25) is 0 Å². The summed E-state index contributed by atoms with van der Waals surface area (Å²) in [5.74, 6) is 0. The molecule has 0 heterocycles. The van der Waals surface area contributed by atoms with Crippen molar-refractivity contribution in [2.75, 3.05) is 4.90 Å². The van der Waals surface area contributed by atoms with E-state index in [1.807, 2.05) is 0 Å². The van der Waals surface area contributed by atoms with Crippen LogP contribution in [0.5, 0.6) is 0 Å². The Morgan fingerprint density at radius 2 is 0.755 bits per heavy atom. The number of rotatable bonds is 6. The number of para-hydroxylation sites is 1. The highest BCUT2D eigenvalue weighted by molar-refractivity contribution is 6.15. The molecule has 0 N–H and O–H groups in total. The van der Waals surface area contributed by atoms with Crippen molar-refractivity contribution in [3.05, 3.63) is 212 Å². The van der Waals surface area contributed by atoms with Crippen molar-refractivity contribution in [2.24, 2.45) is 0 Å². The number of hydrogen-bond donors (Lipinski definition) is 0. The lowest BCUT2D eigenvalue weighted by Crippen LogP contribution is -2.11. The maximum absolute atomic E-state index is 2.42. The van der Waals surface area contributed by atoms with Crippen LogP contribution in [-0.4, -0.2) is 0 Å². The predicted octanol–water partition coefficient (Wildman–Crippen LogP) is 14.8. The molecular formula is C52H35N. The Kier molecular flexibility index (Phi) is 7.55. The Morgan fingerprint density at radius 1 is 0.245 bits per heavy atom. The normalized spacial score (nSPS) is 11.4. The Labute approximate surface area is 309 Å². The first-order valence-corrected chi connectivity index (χ1v) is 18.3. The fourth-order valence-corrected chi connectivity index (χ4v) is 7.95. The molecule has 0 aliphatic rings. The lowest BCUT2D eigenvalue weighted by molar-refractivity contribution is 1.29. The number of fused-ring (bicyclic) bond motifs is 5. The number of nitrogens with zero attached hydrogens (tertiary/aromatic N) is 1. The summed E-state index contributed by atoms with van der Waals surface area (Å²) < 4.78 is 0. The van der Waals surface area contributed by atoms with Gasteiger partial charge in [0.1, 0.15) is 0 Å². The first kappa shape index (κ1) is 30.8. The van der Waals surface area contributed by atoms with Crippen molar-refractivity contribution in [3.8, 4) is 33.4 Å². The lowest BCUT2D eigenvalue weighted by atomic mass is 9.92. The van der Waals surface area contributed by atoms with Gasteiger partial charge < -0.3 is 4.90 Å². The maximum Gasteiger partial charge on any atom is 0.0540 e. The molecule has 0 radical (unpaired) electrons. The summed E-state index contributed by atoms with van der Waals surface area (Å²) in [7, 11) is 0. The summed E-state index contributed by atoms with van der Waals surface area (Å²) >= 11 is 0. The van der Waals surface area contributed by atoms with E-state index < -0.39 is 0 Å². The van der Waals surface area contributed by atoms with E-state index in [4.69, 9.17) is 0 Å². The molecule has 10 rings (SSSR count). The van der Waals surface area contributed by atoms with Crippen molar-refractivity contribution in [2.45, 2.75) is 0 Å². The van der Waals surface area contributed by atoms with E-state index >= 15 is 0 Å². The molecule has 1 nitrogen and oxygen atoms in total. The van der Waals surface area contributed by atoms with Crippen LogP contribution in [0.2, 0.25) is 0 Å². The summed E-state index contributed by atoms with van der Waals surface area (Å²) in [4.78, 5) is 2.42. The zero-order valence-electron chi connectivity index (χ0n) is 29.2. The quantitative estimate of drug-likeness (QED) is 0.159. The molecular weight excluding hydrogens is 639 g/mol. The second-order valence-electron chi connectivity index (χ2n) is 13.8. The first-order valence-electron chi connectivity index (χ1n) is 18.3. The van der Waals surface area contributed by atoms with Gasteiger partial charge in [-0.3, -0.25) is 0 Å². The molecule has 1 heteroatoms. The number of hydrogen-bond acceptors (Lipinski definition) is 1. The molecule has 0 amide bonds. The van der Waals surface area contributed by atoms with Gasteiger partial charge in [0.05, 0.1) is 5.69 Å². The van der Waals surface area contributed by atoms with Gasteiger partial charge in [-0.1, -0.05) is 164 Å². The molecule has 0 saturated heterocycles. The Hall–Kier alpha value is -6.96. The molecule has 0 aromatic heterocycles. The second-order valence-corrected chi connectivity index (χ2v) is 13.8. The third-order valence-corrected chi connectivity index (χ3v) is 10.6. The van der Waals surface area contributed by atoms with Gasteiger partial charge in [-0.05, 0) is 119 Å². The van der Waals surface area contributed by atoms with E-state index in [-0.39, 0.29) is 0 Å². The Morgan fingerprint density at radius 3 is 1.55 bits per heavy atom. The summed E-state index contributed by atoms with van der Waals surface area (Å²) in [5, 5.41) is 9.95. The van der Waals surface area contributed by atoms with Crippen LogP contribution in [0.4, 0.5) is 17.1 Å². The summed E-state index contributed by atoms with van der Waals surface area (Å²) in [5.41, 5.74) is 10.6. The molecule has 0 saturated carbocycles. The van der Waals surface area contributed by atoms with E-state index in [2.05, 4.69) is 217 Å². The van der Waals surface area contributed by atoms with Crippen LogP contribution in [0.1, 0.15) is 0 Å². The van der Waals surface area contributed by atoms with Crippen molar-refractivity contribution in [3.63, 3.8) is 0 Å². The fourth-order valence-electron chi connectivity index (χ4n) is 7.95. The largest absolute Gasteiger partial charge is 0.310 e. The van der Waals surface area contributed by atoms with Crippen LogP contribution >= 0.6 is 0 Å². The Bertz CT molecular complexity index is 2940. The molecule has 0 unspecified atom stereocenters. The molecule has 0 bridgehead atoms. The third kappa shape index (κ3) is 5.60. The first-order chi connectivity index (χ1) is 26.3.